The van der Waals surface area contributed by atoms with Crippen LogP contribution in [0.1, 0.15) is 24.4 Å². The molecule has 1 aliphatic heterocycles. The summed E-state index contributed by atoms with van der Waals surface area (Å²) in [5.74, 6) is 0.736. The van der Waals surface area contributed by atoms with Crippen LogP contribution in [-0.2, 0) is 0 Å². The zero-order chi connectivity index (χ0) is 14.4. The molecule has 20 heavy (non-hydrogen) atoms. The number of allylic oxidation sites excluding steroid dienone is 1. The molecule has 110 valence electrons. The number of ether oxygens (including phenoxy) is 1. The molecule has 1 saturated heterocycles. The molecular formula is C16H24N2O2. The molecule has 0 radical (unpaired) electrons. The fraction of sp³-hybridized carbons (Fsp3) is 0.500. The number of hydrogen-bond acceptors (Lipinski definition) is 4. The minimum atomic E-state index is 0.194. The van der Waals surface area contributed by atoms with Gasteiger partial charge in [-0.25, -0.2) is 0 Å². The first-order chi connectivity index (χ1) is 9.76. The monoisotopic (exact) mass is 276 g/mol. The summed E-state index contributed by atoms with van der Waals surface area (Å²) in [4.78, 5) is 2.49. The molecule has 1 heterocycles. The van der Waals surface area contributed by atoms with E-state index in [9.17, 15) is 5.11 Å². The summed E-state index contributed by atoms with van der Waals surface area (Å²) in [6, 6.07) is 6.01. The average Bonchev–Trinajstić information content (AvgIpc) is 2.50. The van der Waals surface area contributed by atoms with E-state index in [2.05, 4.69) is 16.8 Å². The second kappa shape index (κ2) is 7.31. The highest BCUT2D eigenvalue weighted by molar-refractivity contribution is 5.42. The van der Waals surface area contributed by atoms with Crippen molar-refractivity contribution in [2.75, 3.05) is 33.3 Å². The number of nitrogens with one attached hydrogen (secondary N) is 1. The Morgan fingerprint density at radius 2 is 2.20 bits per heavy atom. The lowest BCUT2D eigenvalue weighted by Crippen LogP contribution is -2.45. The number of phenolic OH excluding ortho intramolecular Hbond substituents is 1. The van der Waals surface area contributed by atoms with Crippen molar-refractivity contribution in [1.29, 1.82) is 0 Å². The Bertz CT molecular complexity index is 442. The van der Waals surface area contributed by atoms with Gasteiger partial charge in [-0.15, -0.1) is 6.58 Å². The fourth-order valence-corrected chi connectivity index (χ4v) is 2.73. The van der Waals surface area contributed by atoms with Crippen LogP contribution in [-0.4, -0.2) is 43.3 Å². The summed E-state index contributed by atoms with van der Waals surface area (Å²) in [5.41, 5.74) is 1.20. The molecule has 0 amide bonds. The third-order valence-electron chi connectivity index (χ3n) is 3.83. The van der Waals surface area contributed by atoms with E-state index in [-0.39, 0.29) is 5.75 Å². The van der Waals surface area contributed by atoms with Crippen molar-refractivity contribution in [2.24, 2.45) is 0 Å². The number of phenols is 1. The van der Waals surface area contributed by atoms with Crippen LogP contribution < -0.4 is 10.1 Å². The van der Waals surface area contributed by atoms with E-state index >= 15 is 0 Å². The van der Waals surface area contributed by atoms with Gasteiger partial charge in [-0.3, -0.25) is 4.90 Å². The molecular weight excluding hydrogens is 252 g/mol. The topological polar surface area (TPSA) is 44.7 Å². The lowest BCUT2D eigenvalue weighted by Gasteiger charge is -2.35. The maximum Gasteiger partial charge on any atom is 0.160 e. The molecule has 0 spiro atoms. The van der Waals surface area contributed by atoms with Crippen molar-refractivity contribution in [1.82, 2.24) is 10.2 Å². The average molecular weight is 276 g/mol. The highest BCUT2D eigenvalue weighted by Gasteiger charge is 2.22. The van der Waals surface area contributed by atoms with Crippen LogP contribution in [0.2, 0.25) is 0 Å². The van der Waals surface area contributed by atoms with E-state index < -0.39 is 0 Å². The molecule has 4 nitrogen and oxygen atoms in total. The highest BCUT2D eigenvalue weighted by atomic mass is 16.5. The summed E-state index contributed by atoms with van der Waals surface area (Å²) in [5, 5.41) is 13.1. The van der Waals surface area contributed by atoms with Crippen molar-refractivity contribution in [2.45, 2.75) is 18.9 Å². The zero-order valence-corrected chi connectivity index (χ0v) is 12.1. The number of rotatable bonds is 6. The Morgan fingerprint density at radius 3 is 2.85 bits per heavy atom. The van der Waals surface area contributed by atoms with Crippen molar-refractivity contribution >= 4 is 0 Å². The van der Waals surface area contributed by atoms with Crippen molar-refractivity contribution < 1.29 is 9.84 Å². The predicted molar refractivity (Wildman–Crippen MR) is 81.3 cm³/mol. The van der Waals surface area contributed by atoms with Crippen molar-refractivity contribution in [3.05, 3.63) is 36.4 Å². The SMILES string of the molecule is C=CCC[C@H](c1ccc(O)c(OC)c1)N1CCNCC1. The van der Waals surface area contributed by atoms with Gasteiger partial charge in [0.05, 0.1) is 7.11 Å². The van der Waals surface area contributed by atoms with Gasteiger partial charge >= 0.3 is 0 Å². The van der Waals surface area contributed by atoms with E-state index in [1.165, 1.54) is 5.56 Å². The largest absolute Gasteiger partial charge is 0.504 e. The number of nitrogens with zero attached hydrogens (tertiary/aromatic N) is 1. The van der Waals surface area contributed by atoms with Gasteiger partial charge < -0.3 is 15.2 Å². The molecule has 4 heteroatoms. The van der Waals surface area contributed by atoms with Gasteiger partial charge in [0.15, 0.2) is 11.5 Å². The standard InChI is InChI=1S/C16H24N2O2/c1-3-4-5-14(18-10-8-17-9-11-18)13-6-7-15(19)16(12-13)20-2/h3,6-7,12,14,17,19H,1,4-5,8-11H2,2H3/t14-/m1/s1. The summed E-state index contributed by atoms with van der Waals surface area (Å²) in [7, 11) is 1.59. The zero-order valence-electron chi connectivity index (χ0n) is 12.1. The maximum absolute atomic E-state index is 9.74. The molecule has 0 aromatic heterocycles. The number of hydrogen-bond donors (Lipinski definition) is 2. The van der Waals surface area contributed by atoms with Gasteiger partial charge in [0.2, 0.25) is 0 Å². The first-order valence-electron chi connectivity index (χ1n) is 7.19. The molecule has 0 saturated carbocycles. The number of methoxy groups -OCH3 is 1. The summed E-state index contributed by atoms with van der Waals surface area (Å²) in [6.45, 7) is 7.97. The highest BCUT2D eigenvalue weighted by Crippen LogP contribution is 2.33. The molecule has 1 aliphatic rings. The summed E-state index contributed by atoms with van der Waals surface area (Å²) in [6.07, 6.45) is 3.99. The molecule has 0 aliphatic carbocycles. The fourth-order valence-electron chi connectivity index (χ4n) is 2.73. The van der Waals surface area contributed by atoms with Crippen LogP contribution in [0.5, 0.6) is 11.5 Å². The number of benzene rings is 1. The lowest BCUT2D eigenvalue weighted by atomic mass is 9.99. The normalized spacial score (nSPS) is 17.6. The van der Waals surface area contributed by atoms with Crippen LogP contribution in [0.25, 0.3) is 0 Å². The second-order valence-corrected chi connectivity index (χ2v) is 5.10. The number of piperazine rings is 1. The van der Waals surface area contributed by atoms with Gasteiger partial charge in [-0.1, -0.05) is 12.1 Å². The van der Waals surface area contributed by atoms with Gasteiger partial charge in [0.1, 0.15) is 0 Å². The van der Waals surface area contributed by atoms with Crippen LogP contribution in [0.3, 0.4) is 0 Å². The molecule has 1 atom stereocenters. The van der Waals surface area contributed by atoms with E-state index in [0.717, 1.165) is 39.0 Å². The van der Waals surface area contributed by atoms with Gasteiger partial charge in [0, 0.05) is 32.2 Å². The van der Waals surface area contributed by atoms with Crippen molar-refractivity contribution in [3.63, 3.8) is 0 Å². The Morgan fingerprint density at radius 1 is 1.45 bits per heavy atom. The Hall–Kier alpha value is -1.52. The molecule has 1 aromatic carbocycles. The molecule has 2 N–H and O–H groups in total. The first-order valence-corrected chi connectivity index (χ1v) is 7.19. The Balaban J connectivity index is 2.22. The third kappa shape index (κ3) is 3.52. The van der Waals surface area contributed by atoms with Gasteiger partial charge in [0.25, 0.3) is 0 Å². The minimum Gasteiger partial charge on any atom is -0.504 e. The van der Waals surface area contributed by atoms with Crippen LogP contribution in [0.4, 0.5) is 0 Å². The second-order valence-electron chi connectivity index (χ2n) is 5.10. The Labute approximate surface area is 121 Å². The van der Waals surface area contributed by atoms with Crippen LogP contribution in [0.15, 0.2) is 30.9 Å². The smallest absolute Gasteiger partial charge is 0.160 e. The van der Waals surface area contributed by atoms with E-state index in [1.807, 2.05) is 18.2 Å². The first kappa shape index (κ1) is 14.9. The molecule has 0 unspecified atom stereocenters. The molecule has 0 bridgehead atoms. The lowest BCUT2D eigenvalue weighted by molar-refractivity contribution is 0.166. The quantitative estimate of drug-likeness (QED) is 0.783. The summed E-state index contributed by atoms with van der Waals surface area (Å²) < 4.78 is 5.23. The molecule has 1 aromatic rings. The summed E-state index contributed by atoms with van der Waals surface area (Å²) >= 11 is 0. The number of aromatic hydroxyl groups is 1. The Kier molecular flexibility index (Phi) is 5.44. The van der Waals surface area contributed by atoms with E-state index in [0.29, 0.717) is 11.8 Å². The van der Waals surface area contributed by atoms with Gasteiger partial charge in [-0.2, -0.15) is 0 Å². The van der Waals surface area contributed by atoms with E-state index in [1.54, 1.807) is 13.2 Å². The van der Waals surface area contributed by atoms with E-state index in [4.69, 9.17) is 4.74 Å². The van der Waals surface area contributed by atoms with Crippen molar-refractivity contribution in [3.8, 4) is 11.5 Å². The minimum absolute atomic E-state index is 0.194. The van der Waals surface area contributed by atoms with Gasteiger partial charge in [-0.05, 0) is 30.5 Å². The molecule has 1 fully saturated rings. The predicted octanol–water partition coefficient (Wildman–Crippen LogP) is 2.31. The molecule has 2 rings (SSSR count). The van der Waals surface area contributed by atoms with Crippen LogP contribution >= 0.6 is 0 Å². The maximum atomic E-state index is 9.74. The van der Waals surface area contributed by atoms with Crippen LogP contribution in [0, 0.1) is 0 Å². The third-order valence-corrected chi connectivity index (χ3v) is 3.83.